The van der Waals surface area contributed by atoms with Crippen molar-refractivity contribution in [2.75, 3.05) is 32.8 Å². The molecule has 0 aromatic heterocycles. The summed E-state index contributed by atoms with van der Waals surface area (Å²) in [4.78, 5) is 2.14. The van der Waals surface area contributed by atoms with Gasteiger partial charge < -0.3 is 14.7 Å². The number of nitrogens with zero attached hydrogens (tertiary/aromatic N) is 1. The summed E-state index contributed by atoms with van der Waals surface area (Å²) in [5.74, 6) is 2.36. The molecule has 0 fully saturated rings. The van der Waals surface area contributed by atoms with Crippen LogP contribution in [0.15, 0.2) is 0 Å². The lowest BCUT2D eigenvalue weighted by Gasteiger charge is -2.21. The highest BCUT2D eigenvalue weighted by atomic mass is 16.5. The Kier molecular flexibility index (Phi) is 7.71. The van der Waals surface area contributed by atoms with Crippen LogP contribution in [-0.2, 0) is 4.74 Å². The molecule has 0 aliphatic heterocycles. The number of hydrogen-bond acceptors (Lipinski definition) is 3. The zero-order chi connectivity index (χ0) is 10.1. The number of likely N-dealkylation sites (N-methyl/N-ethyl adjacent to an activating group) is 1. The van der Waals surface area contributed by atoms with Crippen molar-refractivity contribution in [2.45, 2.75) is 20.0 Å². The van der Waals surface area contributed by atoms with Crippen LogP contribution < -0.4 is 0 Å². The van der Waals surface area contributed by atoms with Crippen molar-refractivity contribution in [1.29, 1.82) is 0 Å². The van der Waals surface area contributed by atoms with Gasteiger partial charge in [-0.1, -0.05) is 19.8 Å². The normalized spacial score (nSPS) is 12.8. The molecule has 0 aromatic rings. The summed E-state index contributed by atoms with van der Waals surface area (Å²) in [6, 6.07) is 0. The van der Waals surface area contributed by atoms with Gasteiger partial charge in [-0.15, -0.1) is 6.42 Å². The van der Waals surface area contributed by atoms with Crippen molar-refractivity contribution >= 4 is 0 Å². The summed E-state index contributed by atoms with van der Waals surface area (Å²) in [5, 5.41) is 9.47. The molecule has 0 aliphatic carbocycles. The molecule has 76 valence electrons. The third-order valence-corrected chi connectivity index (χ3v) is 1.86. The molecule has 0 amide bonds. The zero-order valence-corrected chi connectivity index (χ0v) is 8.49. The summed E-state index contributed by atoms with van der Waals surface area (Å²) < 4.78 is 5.02. The van der Waals surface area contributed by atoms with E-state index in [0.717, 1.165) is 13.1 Å². The maximum Gasteiger partial charge on any atom is 0.107 e. The van der Waals surface area contributed by atoms with Crippen LogP contribution in [0.1, 0.15) is 13.8 Å². The van der Waals surface area contributed by atoms with E-state index in [0.29, 0.717) is 13.2 Å². The van der Waals surface area contributed by atoms with Crippen LogP contribution in [-0.4, -0.2) is 49.0 Å². The first-order valence-corrected chi connectivity index (χ1v) is 4.66. The largest absolute Gasteiger partial charge is 0.389 e. The number of terminal acetylenes is 1. The highest BCUT2D eigenvalue weighted by molar-refractivity contribution is 4.83. The molecule has 0 saturated carbocycles. The van der Waals surface area contributed by atoms with Crippen molar-refractivity contribution in [2.24, 2.45) is 0 Å². The minimum absolute atomic E-state index is 0.273. The fourth-order valence-corrected chi connectivity index (χ4v) is 1.09. The lowest BCUT2D eigenvalue weighted by molar-refractivity contribution is 0.0298. The van der Waals surface area contributed by atoms with Crippen molar-refractivity contribution in [3.05, 3.63) is 0 Å². The number of ether oxygens (including phenoxy) is 1. The average Bonchev–Trinajstić information content (AvgIpc) is 2.14. The Balaban J connectivity index is 3.48. The second-order valence-electron chi connectivity index (χ2n) is 2.86. The van der Waals surface area contributed by atoms with Gasteiger partial charge in [0.2, 0.25) is 0 Å². The molecule has 0 aliphatic rings. The van der Waals surface area contributed by atoms with E-state index in [2.05, 4.69) is 24.7 Å². The monoisotopic (exact) mass is 185 g/mol. The Labute approximate surface area is 80.7 Å². The Morgan fingerprint density at radius 2 is 2.08 bits per heavy atom. The molecule has 0 spiro atoms. The highest BCUT2D eigenvalue weighted by Gasteiger charge is 2.08. The molecule has 0 radical (unpaired) electrons. The van der Waals surface area contributed by atoms with Gasteiger partial charge in [0.05, 0.1) is 12.7 Å². The van der Waals surface area contributed by atoms with Gasteiger partial charge >= 0.3 is 0 Å². The van der Waals surface area contributed by atoms with Gasteiger partial charge in [0, 0.05) is 6.54 Å². The smallest absolute Gasteiger partial charge is 0.107 e. The molecule has 1 unspecified atom stereocenters. The number of aliphatic hydroxyl groups is 1. The summed E-state index contributed by atoms with van der Waals surface area (Å²) >= 11 is 0. The summed E-state index contributed by atoms with van der Waals surface area (Å²) in [7, 11) is 0. The van der Waals surface area contributed by atoms with Gasteiger partial charge in [0.25, 0.3) is 0 Å². The SMILES string of the molecule is C#CCOCC(O)CN(CC)CC. The number of hydrogen-bond donors (Lipinski definition) is 1. The molecule has 0 aromatic carbocycles. The molecule has 3 heteroatoms. The molecule has 0 saturated heterocycles. The van der Waals surface area contributed by atoms with Crippen LogP contribution in [0.4, 0.5) is 0 Å². The first kappa shape index (κ1) is 12.4. The number of aliphatic hydroxyl groups excluding tert-OH is 1. The van der Waals surface area contributed by atoms with E-state index < -0.39 is 6.10 Å². The third-order valence-electron chi connectivity index (χ3n) is 1.86. The summed E-state index contributed by atoms with van der Waals surface area (Å²) in [6.45, 7) is 7.27. The first-order chi connectivity index (χ1) is 6.24. The molecule has 3 nitrogen and oxygen atoms in total. The highest BCUT2D eigenvalue weighted by Crippen LogP contribution is 1.92. The van der Waals surface area contributed by atoms with Gasteiger partial charge in [-0.25, -0.2) is 0 Å². The van der Waals surface area contributed by atoms with Crippen molar-refractivity contribution < 1.29 is 9.84 Å². The maximum atomic E-state index is 9.47. The zero-order valence-electron chi connectivity index (χ0n) is 8.49. The number of rotatable bonds is 7. The van der Waals surface area contributed by atoms with E-state index in [1.165, 1.54) is 0 Å². The minimum Gasteiger partial charge on any atom is -0.389 e. The molecule has 1 atom stereocenters. The van der Waals surface area contributed by atoms with Crippen LogP contribution in [0.3, 0.4) is 0 Å². The van der Waals surface area contributed by atoms with Crippen LogP contribution in [0, 0.1) is 12.3 Å². The van der Waals surface area contributed by atoms with E-state index in [9.17, 15) is 5.11 Å². The molecule has 1 N–H and O–H groups in total. The summed E-state index contributed by atoms with van der Waals surface area (Å²) in [6.07, 6.45) is 4.56. The average molecular weight is 185 g/mol. The Morgan fingerprint density at radius 1 is 1.46 bits per heavy atom. The predicted molar refractivity (Wildman–Crippen MR) is 53.4 cm³/mol. The molecule has 13 heavy (non-hydrogen) atoms. The molecular formula is C10H19NO2. The van der Waals surface area contributed by atoms with Crippen LogP contribution >= 0.6 is 0 Å². The van der Waals surface area contributed by atoms with E-state index in [1.54, 1.807) is 0 Å². The molecule has 0 rings (SSSR count). The Morgan fingerprint density at radius 3 is 2.54 bits per heavy atom. The fraction of sp³-hybridized carbons (Fsp3) is 0.800. The predicted octanol–water partition coefficient (Wildman–Crippen LogP) is 0.339. The second kappa shape index (κ2) is 8.06. The van der Waals surface area contributed by atoms with Crippen molar-refractivity contribution in [1.82, 2.24) is 4.90 Å². The Hall–Kier alpha value is -0.560. The van der Waals surface area contributed by atoms with Gasteiger partial charge in [-0.2, -0.15) is 0 Å². The van der Waals surface area contributed by atoms with Gasteiger partial charge in [-0.05, 0) is 13.1 Å². The molecule has 0 bridgehead atoms. The van der Waals surface area contributed by atoms with Crippen LogP contribution in [0.25, 0.3) is 0 Å². The molecule has 0 heterocycles. The summed E-state index contributed by atoms with van der Waals surface area (Å²) in [5.41, 5.74) is 0. The van der Waals surface area contributed by atoms with E-state index in [4.69, 9.17) is 11.2 Å². The fourth-order valence-electron chi connectivity index (χ4n) is 1.09. The second-order valence-corrected chi connectivity index (χ2v) is 2.86. The van der Waals surface area contributed by atoms with Gasteiger partial charge in [-0.3, -0.25) is 0 Å². The standard InChI is InChI=1S/C10H19NO2/c1-4-7-13-9-10(12)8-11(5-2)6-3/h1,10,12H,5-9H2,2-3H3. The van der Waals surface area contributed by atoms with Crippen LogP contribution in [0.5, 0.6) is 0 Å². The van der Waals surface area contributed by atoms with Crippen molar-refractivity contribution in [3.8, 4) is 12.3 Å². The van der Waals surface area contributed by atoms with E-state index in [-0.39, 0.29) is 6.61 Å². The van der Waals surface area contributed by atoms with Gasteiger partial charge in [0.15, 0.2) is 0 Å². The third kappa shape index (κ3) is 6.59. The quantitative estimate of drug-likeness (QED) is 0.458. The minimum atomic E-state index is -0.437. The Bertz CT molecular complexity index is 149. The molecular weight excluding hydrogens is 166 g/mol. The lowest BCUT2D eigenvalue weighted by atomic mass is 10.3. The van der Waals surface area contributed by atoms with Gasteiger partial charge in [0.1, 0.15) is 6.61 Å². The van der Waals surface area contributed by atoms with E-state index in [1.807, 2.05) is 0 Å². The maximum absolute atomic E-state index is 9.47. The van der Waals surface area contributed by atoms with Crippen molar-refractivity contribution in [3.63, 3.8) is 0 Å². The van der Waals surface area contributed by atoms with E-state index >= 15 is 0 Å². The topological polar surface area (TPSA) is 32.7 Å². The first-order valence-electron chi connectivity index (χ1n) is 4.66. The lowest BCUT2D eigenvalue weighted by Crippen LogP contribution is -2.34. The van der Waals surface area contributed by atoms with Crippen LogP contribution in [0.2, 0.25) is 0 Å².